The van der Waals surface area contributed by atoms with Crippen LogP contribution >= 0.6 is 0 Å². The van der Waals surface area contributed by atoms with Gasteiger partial charge in [-0.25, -0.2) is 9.67 Å². The minimum Gasteiger partial charge on any atom is -0.353 e. The molecule has 4 heterocycles. The van der Waals surface area contributed by atoms with Crippen molar-refractivity contribution in [1.82, 2.24) is 29.9 Å². The zero-order valence-electron chi connectivity index (χ0n) is 23.5. The van der Waals surface area contributed by atoms with Crippen LogP contribution in [0.3, 0.4) is 0 Å². The Kier molecular flexibility index (Phi) is 8.33. The summed E-state index contributed by atoms with van der Waals surface area (Å²) in [5.41, 5.74) is 1.32. The van der Waals surface area contributed by atoms with Gasteiger partial charge in [-0.1, -0.05) is 32.9 Å². The molecule has 39 heavy (non-hydrogen) atoms. The highest BCUT2D eigenvalue weighted by atomic mass is 16.2. The molecule has 2 bridgehead atoms. The number of carbonyl (C=O) groups excluding carboxylic acids is 3. The van der Waals surface area contributed by atoms with Crippen LogP contribution in [0.5, 0.6) is 0 Å². The number of nitrogens with zero attached hydrogens (tertiary/aromatic N) is 5. The molecule has 9 heteroatoms. The number of fused-ring (bicyclic) bond motifs is 4. The standard InChI is InChI=1S/C30H42N6O3/c1-20(2)25-12-11-21(3)13-29(38)35-16-22-14-23(26(35)9-6-10-28(37)33-25)17-34(15-22)30(39)24-7-4-5-8-27(24)36-19-31-18-32-36/h4-5,7-8,18-23,25-26H,6,9-17H2,1-3H3,(H,33,37)/t21-,22+,23+,25+,26+/m1/s1. The number of aromatic nitrogens is 3. The van der Waals surface area contributed by atoms with Crippen LogP contribution in [0.25, 0.3) is 5.69 Å². The lowest BCUT2D eigenvalue weighted by Gasteiger charge is -2.51. The van der Waals surface area contributed by atoms with E-state index in [9.17, 15) is 14.4 Å². The molecule has 0 unspecified atom stereocenters. The molecule has 0 saturated carbocycles. The maximum Gasteiger partial charge on any atom is 0.256 e. The van der Waals surface area contributed by atoms with E-state index < -0.39 is 0 Å². The largest absolute Gasteiger partial charge is 0.353 e. The van der Waals surface area contributed by atoms with Crippen molar-refractivity contribution in [2.24, 2.45) is 23.7 Å². The van der Waals surface area contributed by atoms with Gasteiger partial charge in [-0.15, -0.1) is 0 Å². The number of nitrogens with one attached hydrogen (secondary N) is 1. The molecule has 210 valence electrons. The Morgan fingerprint density at radius 3 is 2.67 bits per heavy atom. The number of benzene rings is 1. The van der Waals surface area contributed by atoms with Crippen molar-refractivity contribution < 1.29 is 14.4 Å². The third-order valence-electron chi connectivity index (χ3n) is 8.92. The summed E-state index contributed by atoms with van der Waals surface area (Å²) in [6, 6.07) is 7.72. The van der Waals surface area contributed by atoms with Gasteiger partial charge in [-0.3, -0.25) is 14.4 Å². The van der Waals surface area contributed by atoms with Crippen molar-refractivity contribution >= 4 is 17.7 Å². The van der Waals surface area contributed by atoms with Crippen LogP contribution in [-0.2, 0) is 9.59 Å². The molecule has 3 fully saturated rings. The fourth-order valence-electron chi connectivity index (χ4n) is 6.83. The fourth-order valence-corrected chi connectivity index (χ4v) is 6.83. The number of para-hydroxylation sites is 1. The summed E-state index contributed by atoms with van der Waals surface area (Å²) in [4.78, 5) is 48.4. The first-order valence-electron chi connectivity index (χ1n) is 14.6. The Labute approximate surface area is 231 Å². The van der Waals surface area contributed by atoms with Gasteiger partial charge in [0, 0.05) is 44.6 Å². The number of piperidine rings is 2. The van der Waals surface area contributed by atoms with Crippen molar-refractivity contribution in [3.63, 3.8) is 0 Å². The normalized spacial score (nSPS) is 28.7. The van der Waals surface area contributed by atoms with Crippen LogP contribution in [0.1, 0.15) is 76.1 Å². The highest BCUT2D eigenvalue weighted by Crippen LogP contribution is 2.37. The first kappa shape index (κ1) is 27.3. The molecule has 9 nitrogen and oxygen atoms in total. The average molecular weight is 535 g/mol. The molecule has 1 aromatic heterocycles. The van der Waals surface area contributed by atoms with Crippen LogP contribution in [0.4, 0.5) is 0 Å². The van der Waals surface area contributed by atoms with Crippen molar-refractivity contribution in [3.05, 3.63) is 42.5 Å². The molecule has 5 rings (SSSR count). The first-order chi connectivity index (χ1) is 18.8. The van der Waals surface area contributed by atoms with Crippen LogP contribution in [0.2, 0.25) is 0 Å². The zero-order chi connectivity index (χ0) is 27.5. The maximum absolute atomic E-state index is 13.8. The van der Waals surface area contributed by atoms with Crippen LogP contribution in [0.15, 0.2) is 36.9 Å². The van der Waals surface area contributed by atoms with Gasteiger partial charge >= 0.3 is 0 Å². The molecule has 3 aliphatic rings. The molecule has 5 atom stereocenters. The highest BCUT2D eigenvalue weighted by Gasteiger charge is 2.44. The Morgan fingerprint density at radius 1 is 1.08 bits per heavy atom. The lowest BCUT2D eigenvalue weighted by molar-refractivity contribution is -0.141. The van der Waals surface area contributed by atoms with Crippen LogP contribution in [0, 0.1) is 23.7 Å². The second-order valence-corrected chi connectivity index (χ2v) is 12.2. The lowest BCUT2D eigenvalue weighted by atomic mass is 9.77. The Bertz CT molecular complexity index is 1170. The predicted molar refractivity (Wildman–Crippen MR) is 148 cm³/mol. The molecule has 0 radical (unpaired) electrons. The lowest BCUT2D eigenvalue weighted by Crippen LogP contribution is -2.60. The van der Waals surface area contributed by atoms with Gasteiger partial charge in [0.25, 0.3) is 5.91 Å². The monoisotopic (exact) mass is 534 g/mol. The number of hydrogen-bond donors (Lipinski definition) is 1. The third-order valence-corrected chi connectivity index (χ3v) is 8.92. The minimum atomic E-state index is -0.00653. The molecule has 1 aromatic carbocycles. The molecular weight excluding hydrogens is 492 g/mol. The van der Waals surface area contributed by atoms with E-state index in [1.807, 2.05) is 29.2 Å². The predicted octanol–water partition coefficient (Wildman–Crippen LogP) is 3.69. The van der Waals surface area contributed by atoms with Crippen molar-refractivity contribution in [1.29, 1.82) is 0 Å². The fraction of sp³-hybridized carbons (Fsp3) is 0.633. The number of likely N-dealkylation sites (tertiary alicyclic amines) is 1. The second-order valence-electron chi connectivity index (χ2n) is 12.2. The van der Waals surface area contributed by atoms with E-state index in [-0.39, 0.29) is 47.6 Å². The molecule has 3 saturated heterocycles. The van der Waals surface area contributed by atoms with Crippen molar-refractivity contribution in [3.8, 4) is 5.69 Å². The number of hydrogen-bond acceptors (Lipinski definition) is 5. The van der Waals surface area contributed by atoms with Gasteiger partial charge in [-0.2, -0.15) is 5.10 Å². The number of rotatable bonds is 3. The smallest absolute Gasteiger partial charge is 0.256 e. The van der Waals surface area contributed by atoms with E-state index in [1.54, 1.807) is 11.0 Å². The summed E-state index contributed by atoms with van der Waals surface area (Å²) < 4.78 is 1.63. The Hall–Kier alpha value is -3.23. The Balaban J connectivity index is 1.35. The molecule has 0 spiro atoms. The van der Waals surface area contributed by atoms with Gasteiger partial charge in [0.2, 0.25) is 11.8 Å². The minimum absolute atomic E-state index is 0.00653. The molecular formula is C30H42N6O3. The van der Waals surface area contributed by atoms with Gasteiger partial charge in [0.15, 0.2) is 0 Å². The van der Waals surface area contributed by atoms with E-state index >= 15 is 0 Å². The van der Waals surface area contributed by atoms with Gasteiger partial charge in [0.1, 0.15) is 12.7 Å². The maximum atomic E-state index is 13.8. The van der Waals surface area contributed by atoms with E-state index in [4.69, 9.17) is 0 Å². The third kappa shape index (κ3) is 6.17. The molecule has 2 aromatic rings. The van der Waals surface area contributed by atoms with Gasteiger partial charge in [-0.05, 0) is 67.9 Å². The van der Waals surface area contributed by atoms with E-state index in [2.05, 4.69) is 41.1 Å². The van der Waals surface area contributed by atoms with Crippen molar-refractivity contribution in [2.45, 2.75) is 77.8 Å². The SMILES string of the molecule is CC(C)[C@@H]1CC[C@@H](C)CC(=O)N2C[C@H]3C[C@@H](CN(C(=O)c4ccccc4-n4cncn4)C3)[C@@H]2CCCC(=O)N1. The molecule has 3 amide bonds. The summed E-state index contributed by atoms with van der Waals surface area (Å²) in [7, 11) is 0. The topological polar surface area (TPSA) is 100 Å². The van der Waals surface area contributed by atoms with E-state index in [0.717, 1.165) is 32.1 Å². The summed E-state index contributed by atoms with van der Waals surface area (Å²) in [5, 5.41) is 7.49. The highest BCUT2D eigenvalue weighted by molar-refractivity contribution is 5.97. The summed E-state index contributed by atoms with van der Waals surface area (Å²) in [6.07, 6.45) is 8.46. The van der Waals surface area contributed by atoms with Crippen molar-refractivity contribution in [2.75, 3.05) is 19.6 Å². The van der Waals surface area contributed by atoms with Gasteiger partial charge in [0.05, 0.1) is 11.3 Å². The number of carbonyl (C=O) groups is 3. The second kappa shape index (κ2) is 11.9. The summed E-state index contributed by atoms with van der Waals surface area (Å²) in [5.74, 6) is 1.43. The summed E-state index contributed by atoms with van der Waals surface area (Å²) in [6.45, 7) is 8.40. The molecule has 3 aliphatic heterocycles. The Morgan fingerprint density at radius 2 is 1.90 bits per heavy atom. The van der Waals surface area contributed by atoms with E-state index in [1.165, 1.54) is 6.33 Å². The quantitative estimate of drug-likeness (QED) is 0.648. The average Bonchev–Trinajstić information content (AvgIpc) is 3.46. The molecule has 0 aliphatic carbocycles. The van der Waals surface area contributed by atoms with E-state index in [0.29, 0.717) is 49.6 Å². The number of amides is 3. The zero-order valence-corrected chi connectivity index (χ0v) is 23.5. The first-order valence-corrected chi connectivity index (χ1v) is 14.6. The summed E-state index contributed by atoms with van der Waals surface area (Å²) >= 11 is 0. The van der Waals surface area contributed by atoms with Crippen LogP contribution < -0.4 is 5.32 Å². The molecule has 1 N–H and O–H groups in total. The van der Waals surface area contributed by atoms with Crippen LogP contribution in [-0.4, -0.2) is 74.0 Å². The van der Waals surface area contributed by atoms with Gasteiger partial charge < -0.3 is 15.1 Å².